The minimum Gasteiger partial charge on any atom is -0.328 e. The minimum atomic E-state index is -0.484. The van der Waals surface area contributed by atoms with Crippen LogP contribution in [-0.4, -0.2) is 41.4 Å². The number of piperidine rings is 1. The molecule has 1 aromatic carbocycles. The van der Waals surface area contributed by atoms with E-state index in [2.05, 4.69) is 5.32 Å². The lowest BCUT2D eigenvalue weighted by Gasteiger charge is -2.29. The average molecular weight is 278 g/mol. The van der Waals surface area contributed by atoms with E-state index in [9.17, 15) is 14.9 Å². The molecule has 0 saturated carbocycles. The summed E-state index contributed by atoms with van der Waals surface area (Å²) in [6.07, 6.45) is 1.79. The predicted octanol–water partition coefficient (Wildman–Crippen LogP) is 0.956. The maximum absolute atomic E-state index is 11.9. The Labute approximate surface area is 116 Å². The maximum Gasteiger partial charge on any atom is 0.271 e. The van der Waals surface area contributed by atoms with Crippen molar-refractivity contribution in [1.29, 1.82) is 0 Å². The van der Waals surface area contributed by atoms with Gasteiger partial charge in [-0.2, -0.15) is 0 Å². The summed E-state index contributed by atoms with van der Waals surface area (Å²) in [6.45, 7) is 1.91. The third-order valence-electron chi connectivity index (χ3n) is 3.34. The van der Waals surface area contributed by atoms with Crippen molar-refractivity contribution in [2.24, 2.45) is 5.73 Å². The van der Waals surface area contributed by atoms with Crippen LogP contribution in [0.3, 0.4) is 0 Å². The number of carbonyl (C=O) groups is 1. The van der Waals surface area contributed by atoms with E-state index in [1.165, 1.54) is 12.1 Å². The van der Waals surface area contributed by atoms with E-state index in [1.807, 2.05) is 4.90 Å². The van der Waals surface area contributed by atoms with Crippen molar-refractivity contribution in [3.63, 3.8) is 0 Å². The summed E-state index contributed by atoms with van der Waals surface area (Å²) in [4.78, 5) is 24.1. The van der Waals surface area contributed by atoms with Crippen LogP contribution in [0.1, 0.15) is 12.8 Å². The molecule has 0 radical (unpaired) electrons. The maximum atomic E-state index is 11.9. The van der Waals surface area contributed by atoms with Gasteiger partial charge in [0.15, 0.2) is 0 Å². The molecule has 1 aliphatic heterocycles. The molecular weight excluding hydrogens is 260 g/mol. The fourth-order valence-electron chi connectivity index (χ4n) is 2.21. The summed E-state index contributed by atoms with van der Waals surface area (Å²) in [5.74, 6) is -0.166. The highest BCUT2D eigenvalue weighted by Gasteiger charge is 2.18. The molecule has 0 spiro atoms. The van der Waals surface area contributed by atoms with E-state index < -0.39 is 4.92 Å². The summed E-state index contributed by atoms with van der Waals surface area (Å²) in [7, 11) is 0. The molecule has 20 heavy (non-hydrogen) atoms. The molecule has 0 aliphatic carbocycles. The molecule has 1 aliphatic rings. The topological polar surface area (TPSA) is 102 Å². The van der Waals surface area contributed by atoms with Crippen LogP contribution in [0.4, 0.5) is 11.4 Å². The van der Waals surface area contributed by atoms with Crippen LogP contribution < -0.4 is 11.1 Å². The molecule has 0 aromatic heterocycles. The van der Waals surface area contributed by atoms with Gasteiger partial charge in [-0.15, -0.1) is 0 Å². The van der Waals surface area contributed by atoms with E-state index in [0.717, 1.165) is 25.9 Å². The fraction of sp³-hybridized carbons (Fsp3) is 0.462. The SMILES string of the molecule is NC1CCN(CC(=O)Nc2cccc([N+](=O)[O-])c2)CC1. The molecule has 1 saturated heterocycles. The first-order valence-corrected chi connectivity index (χ1v) is 6.57. The first-order chi connectivity index (χ1) is 9.54. The number of rotatable bonds is 4. The molecule has 0 atom stereocenters. The monoisotopic (exact) mass is 278 g/mol. The number of benzene rings is 1. The Hall–Kier alpha value is -1.99. The van der Waals surface area contributed by atoms with Gasteiger partial charge in [0, 0.05) is 37.0 Å². The predicted molar refractivity (Wildman–Crippen MR) is 75.4 cm³/mol. The minimum absolute atomic E-state index is 0.0354. The average Bonchev–Trinajstić information content (AvgIpc) is 2.41. The first-order valence-electron chi connectivity index (χ1n) is 6.57. The van der Waals surface area contributed by atoms with Gasteiger partial charge in [0.05, 0.1) is 11.5 Å². The van der Waals surface area contributed by atoms with Gasteiger partial charge in [-0.25, -0.2) is 0 Å². The summed E-state index contributed by atoms with van der Waals surface area (Å²) in [5.41, 5.74) is 6.21. The fourth-order valence-corrected chi connectivity index (χ4v) is 2.21. The Balaban J connectivity index is 1.88. The lowest BCUT2D eigenvalue weighted by Crippen LogP contribution is -2.43. The number of amides is 1. The second-order valence-corrected chi connectivity index (χ2v) is 4.97. The Bertz CT molecular complexity index is 498. The zero-order chi connectivity index (χ0) is 14.5. The number of anilines is 1. The van der Waals surface area contributed by atoms with Crippen molar-refractivity contribution < 1.29 is 9.72 Å². The molecule has 108 valence electrons. The first kappa shape index (κ1) is 14.4. The molecule has 7 nitrogen and oxygen atoms in total. The highest BCUT2D eigenvalue weighted by molar-refractivity contribution is 5.92. The molecule has 1 aromatic rings. The van der Waals surface area contributed by atoms with Gasteiger partial charge < -0.3 is 11.1 Å². The van der Waals surface area contributed by atoms with Crippen molar-refractivity contribution in [1.82, 2.24) is 4.90 Å². The number of non-ortho nitro benzene ring substituents is 1. The number of carbonyl (C=O) groups excluding carboxylic acids is 1. The van der Waals surface area contributed by atoms with Gasteiger partial charge in [-0.05, 0) is 18.9 Å². The van der Waals surface area contributed by atoms with Gasteiger partial charge in [-0.3, -0.25) is 19.8 Å². The van der Waals surface area contributed by atoms with E-state index in [-0.39, 0.29) is 24.2 Å². The van der Waals surface area contributed by atoms with Crippen molar-refractivity contribution in [2.45, 2.75) is 18.9 Å². The second kappa shape index (κ2) is 6.44. The van der Waals surface area contributed by atoms with Gasteiger partial charge in [0.1, 0.15) is 0 Å². The Morgan fingerprint density at radius 1 is 1.45 bits per heavy atom. The zero-order valence-electron chi connectivity index (χ0n) is 11.1. The molecule has 1 amide bonds. The molecule has 7 heteroatoms. The quantitative estimate of drug-likeness (QED) is 0.631. The van der Waals surface area contributed by atoms with Crippen LogP contribution in [-0.2, 0) is 4.79 Å². The van der Waals surface area contributed by atoms with Gasteiger partial charge in [-0.1, -0.05) is 6.07 Å². The Morgan fingerprint density at radius 2 is 2.15 bits per heavy atom. The number of nitro benzene ring substituents is 1. The molecule has 0 bridgehead atoms. The van der Waals surface area contributed by atoms with E-state index in [1.54, 1.807) is 12.1 Å². The molecule has 2 rings (SSSR count). The number of nitrogens with one attached hydrogen (secondary N) is 1. The third-order valence-corrected chi connectivity index (χ3v) is 3.34. The smallest absolute Gasteiger partial charge is 0.271 e. The van der Waals surface area contributed by atoms with Crippen LogP contribution in [0.5, 0.6) is 0 Å². The van der Waals surface area contributed by atoms with Crippen LogP contribution in [0.2, 0.25) is 0 Å². The molecule has 3 N–H and O–H groups in total. The normalized spacial score (nSPS) is 16.9. The number of nitrogens with two attached hydrogens (primary N) is 1. The summed E-state index contributed by atoms with van der Waals surface area (Å²) >= 11 is 0. The van der Waals surface area contributed by atoms with E-state index in [4.69, 9.17) is 5.73 Å². The van der Waals surface area contributed by atoms with Crippen LogP contribution in [0.15, 0.2) is 24.3 Å². The Morgan fingerprint density at radius 3 is 2.80 bits per heavy atom. The number of hydrogen-bond acceptors (Lipinski definition) is 5. The summed E-state index contributed by atoms with van der Waals surface area (Å²) < 4.78 is 0. The van der Waals surface area contributed by atoms with Gasteiger partial charge in [0.2, 0.25) is 5.91 Å². The van der Waals surface area contributed by atoms with Crippen molar-refractivity contribution in [2.75, 3.05) is 25.0 Å². The second-order valence-electron chi connectivity index (χ2n) is 4.97. The van der Waals surface area contributed by atoms with E-state index >= 15 is 0 Å². The van der Waals surface area contributed by atoms with Crippen LogP contribution in [0.25, 0.3) is 0 Å². The van der Waals surface area contributed by atoms with Gasteiger partial charge >= 0.3 is 0 Å². The highest BCUT2D eigenvalue weighted by Crippen LogP contribution is 2.17. The molecular formula is C13H18N4O3. The lowest BCUT2D eigenvalue weighted by molar-refractivity contribution is -0.384. The van der Waals surface area contributed by atoms with Crippen molar-refractivity contribution in [3.05, 3.63) is 34.4 Å². The van der Waals surface area contributed by atoms with Crippen molar-refractivity contribution in [3.8, 4) is 0 Å². The molecule has 1 heterocycles. The van der Waals surface area contributed by atoms with Crippen LogP contribution in [0, 0.1) is 10.1 Å². The van der Waals surface area contributed by atoms with Gasteiger partial charge in [0.25, 0.3) is 5.69 Å². The highest BCUT2D eigenvalue weighted by atomic mass is 16.6. The standard InChI is InChI=1S/C13H18N4O3/c14-10-4-6-16(7-5-10)9-13(18)15-11-2-1-3-12(8-11)17(19)20/h1-3,8,10H,4-7,9,14H2,(H,15,18). The number of hydrogen-bond donors (Lipinski definition) is 2. The van der Waals surface area contributed by atoms with E-state index in [0.29, 0.717) is 5.69 Å². The van der Waals surface area contributed by atoms with Crippen LogP contribution >= 0.6 is 0 Å². The number of likely N-dealkylation sites (tertiary alicyclic amines) is 1. The molecule has 1 fully saturated rings. The summed E-state index contributed by atoms with van der Waals surface area (Å²) in [5, 5.41) is 13.3. The lowest BCUT2D eigenvalue weighted by atomic mass is 10.1. The summed E-state index contributed by atoms with van der Waals surface area (Å²) in [6, 6.07) is 6.15. The van der Waals surface area contributed by atoms with Crippen molar-refractivity contribution >= 4 is 17.3 Å². The largest absolute Gasteiger partial charge is 0.328 e. The third kappa shape index (κ3) is 4.01. The number of nitrogens with zero attached hydrogens (tertiary/aromatic N) is 2. The number of nitro groups is 1. The molecule has 0 unspecified atom stereocenters. The Kier molecular flexibility index (Phi) is 4.65. The zero-order valence-corrected chi connectivity index (χ0v) is 11.1.